The minimum Gasteiger partial charge on any atom is -0.309 e. The van der Waals surface area contributed by atoms with Gasteiger partial charge in [0.1, 0.15) is 0 Å². The van der Waals surface area contributed by atoms with E-state index >= 15 is 0 Å². The minimum atomic E-state index is 1.02. The van der Waals surface area contributed by atoms with Gasteiger partial charge in [-0.3, -0.25) is 0 Å². The van der Waals surface area contributed by atoms with Crippen LogP contribution >= 0.6 is 0 Å². The third-order valence-corrected chi connectivity index (χ3v) is 6.40. The topological polar surface area (TPSA) is 4.93 Å². The molecule has 0 bridgehead atoms. The number of nitrogens with zero attached hydrogens (tertiary/aromatic N) is 1. The molecule has 0 spiro atoms. The highest BCUT2D eigenvalue weighted by atomic mass is 15.0. The second-order valence-electron chi connectivity index (χ2n) is 7.78. The van der Waals surface area contributed by atoms with Crippen LogP contribution in [-0.4, -0.2) is 4.57 Å². The Bertz CT molecular complexity index is 1420. The first-order valence-electron chi connectivity index (χ1n) is 9.64. The normalized spacial score (nSPS) is 13.6. The Morgan fingerprint density at radius 3 is 2.33 bits per heavy atom. The third-order valence-electron chi connectivity index (χ3n) is 6.40. The molecule has 126 valence electrons. The fourth-order valence-corrected chi connectivity index (χ4v) is 5.33. The Morgan fingerprint density at radius 2 is 1.37 bits per heavy atom. The molecule has 1 aromatic heterocycles. The lowest BCUT2D eigenvalue weighted by atomic mass is 9.96. The van der Waals surface area contributed by atoms with Gasteiger partial charge in [-0.25, -0.2) is 0 Å². The Labute approximate surface area is 157 Å². The van der Waals surface area contributed by atoms with Crippen molar-refractivity contribution in [2.24, 2.45) is 0 Å². The maximum Gasteiger partial charge on any atom is 0.0576 e. The molecule has 2 heterocycles. The van der Waals surface area contributed by atoms with Gasteiger partial charge in [0.15, 0.2) is 0 Å². The van der Waals surface area contributed by atoms with Crippen LogP contribution in [0.15, 0.2) is 78.9 Å². The van der Waals surface area contributed by atoms with Crippen LogP contribution in [0.4, 0.5) is 0 Å². The Morgan fingerprint density at radius 1 is 0.593 bits per heavy atom. The second kappa shape index (κ2) is 4.69. The molecule has 0 saturated carbocycles. The molecule has 0 radical (unpaired) electrons. The highest BCUT2D eigenvalue weighted by Gasteiger charge is 2.27. The van der Waals surface area contributed by atoms with Crippen molar-refractivity contribution in [3.63, 3.8) is 0 Å². The maximum atomic E-state index is 2.50. The van der Waals surface area contributed by atoms with Crippen LogP contribution in [-0.2, 0) is 12.8 Å². The highest BCUT2D eigenvalue weighted by molar-refractivity contribution is 6.18. The van der Waals surface area contributed by atoms with E-state index in [1.165, 1.54) is 60.9 Å². The average molecular weight is 343 g/mol. The molecule has 27 heavy (non-hydrogen) atoms. The molecule has 0 unspecified atom stereocenters. The van der Waals surface area contributed by atoms with Gasteiger partial charge in [0.05, 0.1) is 11.0 Å². The first-order valence-corrected chi connectivity index (χ1v) is 9.64. The molecule has 2 aliphatic rings. The minimum absolute atomic E-state index is 1.02. The summed E-state index contributed by atoms with van der Waals surface area (Å²) < 4.78 is 2.50. The van der Waals surface area contributed by atoms with Crippen molar-refractivity contribution in [1.29, 1.82) is 0 Å². The van der Waals surface area contributed by atoms with Gasteiger partial charge in [0.25, 0.3) is 0 Å². The summed E-state index contributed by atoms with van der Waals surface area (Å²) in [6, 6.07) is 29.3. The zero-order valence-electron chi connectivity index (χ0n) is 14.9. The SMILES string of the molecule is c1ccc2c(c1)Cc1ccc3c(c1-2)c1cccc2c1n3-c1ccccc1C2. The number of hydrogen-bond donors (Lipinski definition) is 0. The Balaban J connectivity index is 1.74. The van der Waals surface area contributed by atoms with Crippen LogP contribution in [0.2, 0.25) is 0 Å². The van der Waals surface area contributed by atoms with E-state index in [9.17, 15) is 0 Å². The molecule has 7 rings (SSSR count). The molecule has 1 nitrogen and oxygen atoms in total. The van der Waals surface area contributed by atoms with E-state index in [-0.39, 0.29) is 0 Å². The molecule has 1 aliphatic heterocycles. The quantitative estimate of drug-likeness (QED) is 0.306. The van der Waals surface area contributed by atoms with Gasteiger partial charge < -0.3 is 4.57 Å². The van der Waals surface area contributed by atoms with Gasteiger partial charge in [-0.1, -0.05) is 66.7 Å². The van der Waals surface area contributed by atoms with E-state index in [1.54, 1.807) is 0 Å². The van der Waals surface area contributed by atoms with Crippen molar-refractivity contribution in [2.45, 2.75) is 12.8 Å². The molecule has 4 aromatic carbocycles. The third kappa shape index (κ3) is 1.61. The molecule has 5 aromatic rings. The summed E-state index contributed by atoms with van der Waals surface area (Å²) in [6.07, 6.45) is 2.06. The summed E-state index contributed by atoms with van der Waals surface area (Å²) >= 11 is 0. The van der Waals surface area contributed by atoms with Crippen LogP contribution in [0.5, 0.6) is 0 Å². The summed E-state index contributed by atoms with van der Waals surface area (Å²) in [4.78, 5) is 0. The molecular formula is C26H17N. The van der Waals surface area contributed by atoms with Crippen molar-refractivity contribution in [3.8, 4) is 16.8 Å². The van der Waals surface area contributed by atoms with E-state index in [1.807, 2.05) is 0 Å². The van der Waals surface area contributed by atoms with E-state index in [4.69, 9.17) is 0 Å². The first-order chi connectivity index (χ1) is 13.4. The number of hydrogen-bond acceptors (Lipinski definition) is 0. The fourth-order valence-electron chi connectivity index (χ4n) is 5.33. The lowest BCUT2D eigenvalue weighted by molar-refractivity contribution is 1.04. The van der Waals surface area contributed by atoms with Crippen molar-refractivity contribution in [3.05, 3.63) is 101 Å². The van der Waals surface area contributed by atoms with Crippen LogP contribution in [0.3, 0.4) is 0 Å². The van der Waals surface area contributed by atoms with Crippen molar-refractivity contribution < 1.29 is 0 Å². The zero-order valence-corrected chi connectivity index (χ0v) is 14.9. The smallest absolute Gasteiger partial charge is 0.0576 e. The predicted molar refractivity (Wildman–Crippen MR) is 112 cm³/mol. The monoisotopic (exact) mass is 343 g/mol. The number of benzene rings is 4. The summed E-state index contributed by atoms with van der Waals surface area (Å²) in [5.74, 6) is 0. The second-order valence-corrected chi connectivity index (χ2v) is 7.78. The zero-order chi connectivity index (χ0) is 17.5. The van der Waals surface area contributed by atoms with Crippen molar-refractivity contribution in [1.82, 2.24) is 4.57 Å². The van der Waals surface area contributed by atoms with Crippen molar-refractivity contribution >= 4 is 21.8 Å². The van der Waals surface area contributed by atoms with Crippen LogP contribution in [0.1, 0.15) is 22.3 Å². The Hall–Kier alpha value is -3.32. The maximum absolute atomic E-state index is 2.50. The Kier molecular flexibility index (Phi) is 2.40. The van der Waals surface area contributed by atoms with Crippen molar-refractivity contribution in [2.75, 3.05) is 0 Å². The number of para-hydroxylation sites is 2. The van der Waals surface area contributed by atoms with Crippen LogP contribution < -0.4 is 0 Å². The van der Waals surface area contributed by atoms with Gasteiger partial charge in [-0.2, -0.15) is 0 Å². The largest absolute Gasteiger partial charge is 0.309 e. The van der Waals surface area contributed by atoms with E-state index in [2.05, 4.69) is 83.4 Å². The molecular weight excluding hydrogens is 326 g/mol. The lowest BCUT2D eigenvalue weighted by Gasteiger charge is -2.20. The lowest BCUT2D eigenvalue weighted by Crippen LogP contribution is -2.07. The summed E-state index contributed by atoms with van der Waals surface area (Å²) in [7, 11) is 0. The van der Waals surface area contributed by atoms with Crippen LogP contribution in [0, 0.1) is 0 Å². The van der Waals surface area contributed by atoms with Gasteiger partial charge in [0, 0.05) is 22.9 Å². The number of fused-ring (bicyclic) bond motifs is 9. The molecule has 0 atom stereocenters. The average Bonchev–Trinajstić information content (AvgIpc) is 3.25. The van der Waals surface area contributed by atoms with E-state index in [0.717, 1.165) is 12.8 Å². The van der Waals surface area contributed by atoms with Crippen LogP contribution in [0.25, 0.3) is 38.6 Å². The van der Waals surface area contributed by atoms with Gasteiger partial charge in [0.2, 0.25) is 0 Å². The highest BCUT2D eigenvalue weighted by Crippen LogP contribution is 2.47. The molecule has 1 heteroatoms. The van der Waals surface area contributed by atoms with Gasteiger partial charge in [-0.15, -0.1) is 0 Å². The van der Waals surface area contributed by atoms with E-state index in [0.29, 0.717) is 0 Å². The summed E-state index contributed by atoms with van der Waals surface area (Å²) in [5, 5.41) is 2.82. The molecule has 0 N–H and O–H groups in total. The molecule has 1 aliphatic carbocycles. The number of rotatable bonds is 0. The summed E-state index contributed by atoms with van der Waals surface area (Å²) in [5.41, 5.74) is 12.7. The fraction of sp³-hybridized carbons (Fsp3) is 0.0769. The first kappa shape index (κ1) is 13.8. The molecule has 0 amide bonds. The van der Waals surface area contributed by atoms with Gasteiger partial charge >= 0.3 is 0 Å². The molecule has 0 saturated heterocycles. The predicted octanol–water partition coefficient (Wildman–Crippen LogP) is 6.26. The number of aromatic nitrogens is 1. The van der Waals surface area contributed by atoms with Gasteiger partial charge in [-0.05, 0) is 51.9 Å². The summed E-state index contributed by atoms with van der Waals surface area (Å²) in [6.45, 7) is 0. The van der Waals surface area contributed by atoms with E-state index < -0.39 is 0 Å². The molecule has 0 fully saturated rings. The standard InChI is InChI=1S/C26H17N/c1-3-9-20-16(6-1)14-18-12-13-23-25(24(18)20)21-10-5-8-19-15-17-7-2-4-11-22(17)27(23)26(19)21/h1-13H,14-15H2.